The number of nitrogens with two attached hydrogens (primary N) is 1. The van der Waals surface area contributed by atoms with E-state index in [9.17, 15) is 30.6 Å². The van der Waals surface area contributed by atoms with Gasteiger partial charge in [-0.3, -0.25) is 0 Å². The zero-order valence-corrected chi connectivity index (χ0v) is 14.2. The van der Waals surface area contributed by atoms with Gasteiger partial charge >= 0.3 is 11.7 Å². The molecule has 14 heteroatoms. The zero-order chi connectivity index (χ0) is 20.0. The molecule has 1 unspecified atom stereocenters. The summed E-state index contributed by atoms with van der Waals surface area (Å²) in [7, 11) is -3.47. The summed E-state index contributed by atoms with van der Waals surface area (Å²) in [6.45, 7) is 0. The molecule has 0 bridgehead atoms. The van der Waals surface area contributed by atoms with Crippen LogP contribution in [0, 0.1) is 11.3 Å². The van der Waals surface area contributed by atoms with Crippen molar-refractivity contribution in [1.82, 2.24) is 9.78 Å². The fourth-order valence-corrected chi connectivity index (χ4v) is 3.39. The number of rotatable bonds is 2. The average molecular weight is 437 g/mol. The van der Waals surface area contributed by atoms with Crippen molar-refractivity contribution in [2.75, 3.05) is 5.73 Å². The highest BCUT2D eigenvalue weighted by atomic mass is 35.5. The number of nitrogen functional groups attached to an aromatic ring is 1. The second-order valence-electron chi connectivity index (χ2n) is 4.58. The van der Waals surface area contributed by atoms with Crippen LogP contribution in [-0.4, -0.2) is 19.5 Å². The Morgan fingerprint density at radius 1 is 1.15 bits per heavy atom. The van der Waals surface area contributed by atoms with Gasteiger partial charge in [0, 0.05) is 0 Å². The lowest BCUT2D eigenvalue weighted by atomic mass is 10.2. The van der Waals surface area contributed by atoms with Crippen molar-refractivity contribution in [1.29, 1.82) is 5.26 Å². The zero-order valence-electron chi connectivity index (χ0n) is 11.9. The first-order valence-corrected chi connectivity index (χ1v) is 8.03. The van der Waals surface area contributed by atoms with E-state index >= 15 is 0 Å². The standard InChI is InChI=1S/C12H4Cl2F6N4OS/c13-6-1-4(26(25)12(18,19)20)2-7(14)8(6)24-10(22)5(3-21)9(23-24)11(15,16)17/h1-2H,22H2. The molecule has 0 saturated carbocycles. The van der Waals surface area contributed by atoms with Gasteiger partial charge in [0.25, 0.3) is 0 Å². The number of aromatic nitrogens is 2. The van der Waals surface area contributed by atoms with Gasteiger partial charge in [-0.15, -0.1) is 0 Å². The first kappa shape index (κ1) is 20.3. The van der Waals surface area contributed by atoms with Gasteiger partial charge in [0.05, 0.1) is 14.9 Å². The average Bonchev–Trinajstić information content (AvgIpc) is 2.81. The Balaban J connectivity index is 2.71. The Morgan fingerprint density at radius 3 is 2.00 bits per heavy atom. The topological polar surface area (TPSA) is 84.7 Å². The first-order chi connectivity index (χ1) is 11.8. The minimum atomic E-state index is -5.10. The second-order valence-corrected chi connectivity index (χ2v) is 6.87. The first-order valence-electron chi connectivity index (χ1n) is 6.12. The number of nitriles is 1. The van der Waals surface area contributed by atoms with Crippen molar-refractivity contribution in [3.8, 4) is 11.8 Å². The van der Waals surface area contributed by atoms with Crippen LogP contribution in [0.1, 0.15) is 11.3 Å². The number of benzene rings is 1. The number of anilines is 1. The molecule has 0 aliphatic heterocycles. The van der Waals surface area contributed by atoms with E-state index in [0.29, 0.717) is 16.8 Å². The van der Waals surface area contributed by atoms with Gasteiger partial charge in [-0.05, 0) is 12.1 Å². The highest BCUT2D eigenvalue weighted by Crippen LogP contribution is 2.39. The van der Waals surface area contributed by atoms with Crippen LogP contribution < -0.4 is 5.73 Å². The lowest BCUT2D eigenvalue weighted by molar-refractivity contribution is -0.141. The van der Waals surface area contributed by atoms with E-state index in [0.717, 1.165) is 0 Å². The minimum absolute atomic E-state index is 0.381. The Morgan fingerprint density at radius 2 is 1.65 bits per heavy atom. The van der Waals surface area contributed by atoms with Crippen LogP contribution >= 0.6 is 23.2 Å². The predicted octanol–water partition coefficient (Wildman–Crippen LogP) is 4.28. The third-order valence-corrected chi connectivity index (χ3v) is 4.59. The van der Waals surface area contributed by atoms with Gasteiger partial charge in [0.1, 0.15) is 23.1 Å². The van der Waals surface area contributed by atoms with E-state index in [2.05, 4.69) is 5.10 Å². The number of alkyl halides is 6. The molecule has 0 aliphatic rings. The maximum Gasteiger partial charge on any atom is 0.475 e. The largest absolute Gasteiger partial charge is 0.475 e. The molecule has 1 atom stereocenters. The minimum Gasteiger partial charge on any atom is -0.382 e. The molecule has 0 radical (unpaired) electrons. The van der Waals surface area contributed by atoms with Crippen LogP contribution in [0.3, 0.4) is 0 Å². The SMILES string of the molecule is N#Cc1c(C(F)(F)F)nn(-c2c(Cl)cc(S(=O)C(F)(F)F)cc2Cl)c1N. The second kappa shape index (κ2) is 6.64. The number of nitrogens with zero attached hydrogens (tertiary/aromatic N) is 3. The Labute approximate surface area is 153 Å². The molecule has 2 rings (SSSR count). The maximum atomic E-state index is 12.9. The van der Waals surface area contributed by atoms with Crippen molar-refractivity contribution in [2.45, 2.75) is 16.6 Å². The molecule has 2 aromatic rings. The van der Waals surface area contributed by atoms with E-state index in [4.69, 9.17) is 34.2 Å². The number of hydrogen-bond acceptors (Lipinski definition) is 4. The van der Waals surface area contributed by atoms with Gasteiger partial charge < -0.3 is 5.73 Å². The lowest BCUT2D eigenvalue weighted by Crippen LogP contribution is -2.16. The summed E-state index contributed by atoms with van der Waals surface area (Å²) < 4.78 is 88.1. The number of hydrogen-bond donors (Lipinski definition) is 1. The summed E-state index contributed by atoms with van der Waals surface area (Å²) in [5.41, 5.74) is -2.76. The van der Waals surface area contributed by atoms with E-state index in [1.165, 1.54) is 6.07 Å². The molecule has 0 spiro atoms. The summed E-state index contributed by atoms with van der Waals surface area (Å²) in [5.74, 6) is -0.770. The monoisotopic (exact) mass is 436 g/mol. The van der Waals surface area contributed by atoms with Crippen molar-refractivity contribution < 1.29 is 30.6 Å². The Bertz CT molecular complexity index is 924. The Hall–Kier alpha value is -1.97. The fourth-order valence-electron chi connectivity index (χ4n) is 1.90. The van der Waals surface area contributed by atoms with Gasteiger partial charge in [-0.25, -0.2) is 8.89 Å². The highest BCUT2D eigenvalue weighted by Gasteiger charge is 2.41. The summed E-state index contributed by atoms with van der Waals surface area (Å²) >= 11 is 11.6. The van der Waals surface area contributed by atoms with E-state index < -0.39 is 60.2 Å². The lowest BCUT2D eigenvalue weighted by Gasteiger charge is -2.12. The molecule has 0 aliphatic carbocycles. The summed E-state index contributed by atoms with van der Waals surface area (Å²) in [5, 5.41) is 10.8. The normalized spacial score (nSPS) is 13.5. The van der Waals surface area contributed by atoms with Crippen molar-refractivity contribution in [3.05, 3.63) is 33.4 Å². The summed E-state index contributed by atoms with van der Waals surface area (Å²) in [6, 6.07) is 2.45. The molecule has 5 nitrogen and oxygen atoms in total. The van der Waals surface area contributed by atoms with Gasteiger partial charge in [0.2, 0.25) is 0 Å². The maximum absolute atomic E-state index is 12.9. The van der Waals surface area contributed by atoms with Crippen molar-refractivity contribution in [2.24, 2.45) is 0 Å². The fraction of sp³-hybridized carbons (Fsp3) is 0.167. The summed E-state index contributed by atoms with van der Waals surface area (Å²) in [6.07, 6.45) is -5.03. The van der Waals surface area contributed by atoms with Gasteiger partial charge in [-0.1, -0.05) is 23.2 Å². The Kier molecular flexibility index (Phi) is 5.19. The van der Waals surface area contributed by atoms with Crippen LogP contribution in [0.2, 0.25) is 10.0 Å². The van der Waals surface area contributed by atoms with Gasteiger partial charge in [0.15, 0.2) is 16.5 Å². The third-order valence-electron chi connectivity index (χ3n) is 2.93. The third kappa shape index (κ3) is 3.60. The molecule has 1 aromatic carbocycles. The molecule has 0 amide bonds. The number of halogens is 8. The molecule has 140 valence electrons. The van der Waals surface area contributed by atoms with Crippen molar-refractivity contribution >= 4 is 39.8 Å². The molecular weight excluding hydrogens is 433 g/mol. The van der Waals surface area contributed by atoms with Crippen LogP contribution in [0.25, 0.3) is 5.69 Å². The van der Waals surface area contributed by atoms with E-state index in [-0.39, 0.29) is 0 Å². The summed E-state index contributed by atoms with van der Waals surface area (Å²) in [4.78, 5) is -0.821. The highest BCUT2D eigenvalue weighted by molar-refractivity contribution is 7.86. The molecule has 0 saturated heterocycles. The van der Waals surface area contributed by atoms with Crippen LogP contribution in [0.4, 0.5) is 32.2 Å². The molecule has 1 heterocycles. The molecule has 26 heavy (non-hydrogen) atoms. The molecule has 0 fully saturated rings. The van der Waals surface area contributed by atoms with E-state index in [1.54, 1.807) is 0 Å². The quantitative estimate of drug-likeness (QED) is 0.712. The molecule has 1 aromatic heterocycles. The van der Waals surface area contributed by atoms with Crippen LogP contribution in [0.15, 0.2) is 17.0 Å². The van der Waals surface area contributed by atoms with Crippen LogP contribution in [0.5, 0.6) is 0 Å². The molecule has 2 N–H and O–H groups in total. The van der Waals surface area contributed by atoms with Crippen LogP contribution in [-0.2, 0) is 17.0 Å². The van der Waals surface area contributed by atoms with Crippen molar-refractivity contribution in [3.63, 3.8) is 0 Å². The smallest absolute Gasteiger partial charge is 0.382 e. The van der Waals surface area contributed by atoms with Gasteiger partial charge in [-0.2, -0.15) is 36.7 Å². The molecular formula is C12H4Cl2F6N4OS. The van der Waals surface area contributed by atoms with E-state index in [1.807, 2.05) is 0 Å². The predicted molar refractivity (Wildman–Crippen MR) is 80.2 cm³/mol.